The lowest BCUT2D eigenvalue weighted by atomic mass is 9.95. The van der Waals surface area contributed by atoms with Crippen LogP contribution in [0.1, 0.15) is 36.1 Å². The summed E-state index contributed by atoms with van der Waals surface area (Å²) in [7, 11) is 0. The maximum absolute atomic E-state index is 14.8. The van der Waals surface area contributed by atoms with Gasteiger partial charge < -0.3 is 14.2 Å². The number of hydrogen-bond acceptors (Lipinski definition) is 3. The smallest absolute Gasteiger partial charge is 0.207 e. The molecule has 0 aromatic heterocycles. The lowest BCUT2D eigenvalue weighted by Gasteiger charge is -2.23. The summed E-state index contributed by atoms with van der Waals surface area (Å²) >= 11 is 0. The molecule has 4 rings (SSSR count). The Morgan fingerprint density at radius 2 is 1.44 bits per heavy atom. The lowest BCUT2D eigenvalue weighted by Crippen LogP contribution is -2.11. The average Bonchev–Trinajstić information content (AvgIpc) is 2.78. The van der Waals surface area contributed by atoms with Crippen molar-refractivity contribution in [3.63, 3.8) is 0 Å². The molecular weight excluding hydrogens is 424 g/mol. The normalized spacial score (nSPS) is 12.1. The summed E-state index contributed by atoms with van der Waals surface area (Å²) < 4.78 is 74.1. The predicted octanol–water partition coefficient (Wildman–Crippen LogP) is 6.52. The Labute approximate surface area is 183 Å². The van der Waals surface area contributed by atoms with Crippen molar-refractivity contribution >= 4 is 0 Å². The van der Waals surface area contributed by atoms with Crippen LogP contribution in [0.5, 0.6) is 23.0 Å². The highest BCUT2D eigenvalue weighted by atomic mass is 19.2. The van der Waals surface area contributed by atoms with Gasteiger partial charge in [0.25, 0.3) is 0 Å². The van der Waals surface area contributed by atoms with Crippen molar-refractivity contribution < 1.29 is 31.8 Å². The second-order valence-electron chi connectivity index (χ2n) is 7.43. The number of hydrogen-bond donors (Lipinski definition) is 0. The second kappa shape index (κ2) is 9.10. The summed E-state index contributed by atoms with van der Waals surface area (Å²) in [5.74, 6) is -3.79. The Kier molecular flexibility index (Phi) is 6.26. The summed E-state index contributed by atoms with van der Waals surface area (Å²) in [4.78, 5) is 0. The molecule has 0 bridgehead atoms. The fourth-order valence-corrected chi connectivity index (χ4v) is 3.80. The Morgan fingerprint density at radius 3 is 2.16 bits per heavy atom. The minimum atomic E-state index is -1.16. The number of halogens is 4. The molecule has 3 nitrogen and oxygen atoms in total. The van der Waals surface area contributed by atoms with Crippen LogP contribution < -0.4 is 14.2 Å². The molecule has 168 valence electrons. The molecule has 3 aromatic rings. The van der Waals surface area contributed by atoms with Gasteiger partial charge in [0.1, 0.15) is 0 Å². The molecule has 0 atom stereocenters. The second-order valence-corrected chi connectivity index (χ2v) is 7.43. The first-order chi connectivity index (χ1) is 15.4. The van der Waals surface area contributed by atoms with Crippen LogP contribution >= 0.6 is 0 Å². The maximum atomic E-state index is 14.8. The highest BCUT2D eigenvalue weighted by molar-refractivity contribution is 5.54. The van der Waals surface area contributed by atoms with Gasteiger partial charge in [-0.3, -0.25) is 0 Å². The highest BCUT2D eigenvalue weighted by Crippen LogP contribution is 2.43. The van der Waals surface area contributed by atoms with E-state index in [0.717, 1.165) is 0 Å². The molecule has 0 radical (unpaired) electrons. The van der Waals surface area contributed by atoms with E-state index < -0.39 is 23.3 Å². The van der Waals surface area contributed by atoms with E-state index in [9.17, 15) is 17.6 Å². The van der Waals surface area contributed by atoms with Gasteiger partial charge in [0, 0.05) is 17.5 Å². The summed E-state index contributed by atoms with van der Waals surface area (Å²) in [6.45, 7) is 4.08. The Bertz CT molecular complexity index is 1160. The Balaban J connectivity index is 1.58. The first-order valence-electron chi connectivity index (χ1n) is 10.5. The largest absolute Gasteiger partial charge is 0.491 e. The van der Waals surface area contributed by atoms with E-state index in [1.54, 1.807) is 26.0 Å². The van der Waals surface area contributed by atoms with Crippen molar-refractivity contribution in [2.24, 2.45) is 0 Å². The zero-order valence-electron chi connectivity index (χ0n) is 17.7. The van der Waals surface area contributed by atoms with Crippen molar-refractivity contribution in [3.8, 4) is 23.0 Å². The molecule has 1 heterocycles. The van der Waals surface area contributed by atoms with Crippen molar-refractivity contribution in [1.82, 2.24) is 0 Å². The van der Waals surface area contributed by atoms with E-state index in [0.29, 0.717) is 29.7 Å². The van der Waals surface area contributed by atoms with Crippen LogP contribution in [0.3, 0.4) is 0 Å². The fourth-order valence-electron chi connectivity index (χ4n) is 3.80. The molecule has 7 heteroatoms. The van der Waals surface area contributed by atoms with Crippen molar-refractivity contribution in [2.75, 3.05) is 13.2 Å². The molecule has 0 fully saturated rings. The molecule has 0 saturated heterocycles. The van der Waals surface area contributed by atoms with Crippen molar-refractivity contribution in [1.29, 1.82) is 0 Å². The Morgan fingerprint density at radius 1 is 0.750 bits per heavy atom. The van der Waals surface area contributed by atoms with E-state index in [1.807, 2.05) is 0 Å². The van der Waals surface area contributed by atoms with E-state index >= 15 is 0 Å². The molecular formula is C25H22F4O3. The van der Waals surface area contributed by atoms with Crippen LogP contribution in [0.25, 0.3) is 0 Å². The highest BCUT2D eigenvalue weighted by Gasteiger charge is 2.28. The SMILES string of the molecule is CCOc1ccc(CCc2cc3c(c(F)c2F)Oc2c(ccc(OCC)c2F)C3)cc1F. The van der Waals surface area contributed by atoms with Gasteiger partial charge in [-0.25, -0.2) is 8.78 Å². The number of ether oxygens (including phenoxy) is 3. The van der Waals surface area contributed by atoms with Gasteiger partial charge in [-0.05, 0) is 62.1 Å². The molecule has 32 heavy (non-hydrogen) atoms. The minimum Gasteiger partial charge on any atom is -0.491 e. The molecule has 1 aliphatic rings. The van der Waals surface area contributed by atoms with E-state index in [-0.39, 0.29) is 48.0 Å². The van der Waals surface area contributed by atoms with Gasteiger partial charge in [-0.2, -0.15) is 8.78 Å². The third-order valence-corrected chi connectivity index (χ3v) is 5.32. The van der Waals surface area contributed by atoms with Crippen molar-refractivity contribution in [3.05, 3.63) is 81.9 Å². The predicted molar refractivity (Wildman–Crippen MR) is 112 cm³/mol. The quantitative estimate of drug-likeness (QED) is 0.303. The molecule has 3 aromatic carbocycles. The zero-order chi connectivity index (χ0) is 22.8. The summed E-state index contributed by atoms with van der Waals surface area (Å²) in [5, 5.41) is 0. The van der Waals surface area contributed by atoms with Gasteiger partial charge in [0.15, 0.2) is 34.6 Å². The van der Waals surface area contributed by atoms with Gasteiger partial charge in [0.05, 0.1) is 13.2 Å². The zero-order valence-corrected chi connectivity index (χ0v) is 17.7. The van der Waals surface area contributed by atoms with E-state index in [4.69, 9.17) is 14.2 Å². The van der Waals surface area contributed by atoms with Gasteiger partial charge in [-0.1, -0.05) is 12.1 Å². The molecule has 0 spiro atoms. The van der Waals surface area contributed by atoms with E-state index in [2.05, 4.69) is 0 Å². The van der Waals surface area contributed by atoms with Crippen molar-refractivity contribution in [2.45, 2.75) is 33.1 Å². The molecule has 0 N–H and O–H groups in total. The van der Waals surface area contributed by atoms with Crippen LogP contribution in [0.2, 0.25) is 0 Å². The van der Waals surface area contributed by atoms with Gasteiger partial charge in [0.2, 0.25) is 11.6 Å². The standard InChI is InChI=1S/C25H22F4O3/c1-3-30-19-9-6-14(11-18(19)26)5-7-15-12-17-13-16-8-10-20(31-4-2)22(28)24(16)32-25(17)23(29)21(15)27/h6,8-12H,3-5,7,13H2,1-2H3. The molecule has 1 aliphatic heterocycles. The van der Waals surface area contributed by atoms with Crippen LogP contribution in [0.15, 0.2) is 36.4 Å². The molecule has 0 amide bonds. The fraction of sp³-hybridized carbons (Fsp3) is 0.280. The topological polar surface area (TPSA) is 27.7 Å². The summed E-state index contributed by atoms with van der Waals surface area (Å²) in [6.07, 6.45) is 0.659. The molecule has 0 unspecified atom stereocenters. The summed E-state index contributed by atoms with van der Waals surface area (Å²) in [5.41, 5.74) is 1.72. The van der Waals surface area contributed by atoms with Crippen LogP contribution in [-0.2, 0) is 19.3 Å². The number of rotatable bonds is 7. The average molecular weight is 446 g/mol. The third kappa shape index (κ3) is 4.11. The summed E-state index contributed by atoms with van der Waals surface area (Å²) in [6, 6.07) is 9.21. The molecule has 0 saturated carbocycles. The first-order valence-corrected chi connectivity index (χ1v) is 10.5. The molecule has 0 aliphatic carbocycles. The van der Waals surface area contributed by atoms with Gasteiger partial charge in [-0.15, -0.1) is 0 Å². The van der Waals surface area contributed by atoms with Crippen LogP contribution in [0, 0.1) is 23.3 Å². The Hall–Kier alpha value is -3.22. The minimum absolute atomic E-state index is 0.00483. The van der Waals surface area contributed by atoms with E-state index in [1.165, 1.54) is 24.3 Å². The maximum Gasteiger partial charge on any atom is 0.207 e. The lowest BCUT2D eigenvalue weighted by molar-refractivity contribution is 0.309. The number of aryl methyl sites for hydroxylation is 2. The first kappa shape index (κ1) is 22.0. The van der Waals surface area contributed by atoms with Gasteiger partial charge >= 0.3 is 0 Å². The number of benzene rings is 3. The third-order valence-electron chi connectivity index (χ3n) is 5.32. The van der Waals surface area contributed by atoms with Crippen LogP contribution in [0.4, 0.5) is 17.6 Å². The monoisotopic (exact) mass is 446 g/mol. The van der Waals surface area contributed by atoms with Crippen LogP contribution in [-0.4, -0.2) is 13.2 Å². The number of fused-ring (bicyclic) bond motifs is 2.